The number of hydrogen-bond acceptors (Lipinski definition) is 2. The monoisotopic (exact) mass is 244 g/mol. The summed E-state index contributed by atoms with van der Waals surface area (Å²) in [5.74, 6) is -2.21. The average molecular weight is 244 g/mol. The van der Waals surface area contributed by atoms with Gasteiger partial charge in [-0.15, -0.1) is 0 Å². The van der Waals surface area contributed by atoms with Gasteiger partial charge >= 0.3 is 11.9 Å². The molecule has 0 spiro atoms. The van der Waals surface area contributed by atoms with Gasteiger partial charge in [-0.3, -0.25) is 0 Å². The molecule has 4 heteroatoms. The maximum absolute atomic E-state index is 11.3. The number of aryl methyl sites for hydroxylation is 2. The van der Waals surface area contributed by atoms with Gasteiger partial charge in [-0.1, -0.05) is 24.3 Å². The highest BCUT2D eigenvalue weighted by molar-refractivity contribution is 6.14. The normalized spacial score (nSPS) is 10.6. The van der Waals surface area contributed by atoms with Crippen molar-refractivity contribution in [3.05, 3.63) is 46.5 Å². The molecule has 2 rings (SSSR count). The fraction of sp³-hybridized carbons (Fsp3) is 0.143. The van der Waals surface area contributed by atoms with E-state index in [0.29, 0.717) is 21.9 Å². The van der Waals surface area contributed by atoms with Crippen LogP contribution >= 0.6 is 0 Å². The topological polar surface area (TPSA) is 74.6 Å². The lowest BCUT2D eigenvalue weighted by Gasteiger charge is -2.11. The predicted molar refractivity (Wildman–Crippen MR) is 67.3 cm³/mol. The van der Waals surface area contributed by atoms with E-state index in [0.717, 1.165) is 0 Å². The number of carboxylic acid groups (broad SMARTS) is 2. The Morgan fingerprint density at radius 3 is 1.56 bits per heavy atom. The molecule has 0 heterocycles. The molecule has 0 bridgehead atoms. The Labute approximate surface area is 103 Å². The molecule has 0 aliphatic heterocycles. The molecule has 18 heavy (non-hydrogen) atoms. The molecular weight excluding hydrogens is 232 g/mol. The molecule has 2 aromatic carbocycles. The van der Waals surface area contributed by atoms with Crippen LogP contribution in [-0.4, -0.2) is 22.2 Å². The fourth-order valence-corrected chi connectivity index (χ4v) is 2.18. The SMILES string of the molecule is Cc1ccc2ccc(C)c(C(=O)O)c2c1C(=O)O. The Morgan fingerprint density at radius 2 is 1.22 bits per heavy atom. The zero-order valence-electron chi connectivity index (χ0n) is 10.0. The van der Waals surface area contributed by atoms with Gasteiger partial charge in [0.15, 0.2) is 0 Å². The third-order valence-electron chi connectivity index (χ3n) is 3.03. The van der Waals surface area contributed by atoms with Crippen LogP contribution < -0.4 is 0 Å². The first-order valence-electron chi connectivity index (χ1n) is 5.43. The Kier molecular flexibility index (Phi) is 2.79. The van der Waals surface area contributed by atoms with Gasteiger partial charge in [-0.25, -0.2) is 9.59 Å². The van der Waals surface area contributed by atoms with Crippen LogP contribution in [0.4, 0.5) is 0 Å². The number of carboxylic acids is 2. The van der Waals surface area contributed by atoms with E-state index in [-0.39, 0.29) is 11.1 Å². The summed E-state index contributed by atoms with van der Waals surface area (Å²) < 4.78 is 0. The van der Waals surface area contributed by atoms with Crippen molar-refractivity contribution in [2.45, 2.75) is 13.8 Å². The van der Waals surface area contributed by atoms with Crippen molar-refractivity contribution in [1.29, 1.82) is 0 Å². The standard InChI is InChI=1S/C14H12O4/c1-7-3-5-9-6-4-8(2)11(14(17)18)12(9)10(7)13(15)16/h3-6H,1-2H3,(H,15,16)(H,17,18). The minimum Gasteiger partial charge on any atom is -0.478 e. The summed E-state index contributed by atoms with van der Waals surface area (Å²) in [6.45, 7) is 3.33. The molecule has 0 fully saturated rings. The highest BCUT2D eigenvalue weighted by Gasteiger charge is 2.19. The average Bonchev–Trinajstić information content (AvgIpc) is 2.27. The van der Waals surface area contributed by atoms with Crippen LogP contribution in [0.2, 0.25) is 0 Å². The van der Waals surface area contributed by atoms with Gasteiger partial charge in [0.25, 0.3) is 0 Å². The molecule has 92 valence electrons. The first kappa shape index (κ1) is 12.1. The van der Waals surface area contributed by atoms with Crippen LogP contribution in [0.3, 0.4) is 0 Å². The van der Waals surface area contributed by atoms with Crippen LogP contribution in [0.25, 0.3) is 10.8 Å². The second kappa shape index (κ2) is 4.14. The van der Waals surface area contributed by atoms with Crippen LogP contribution in [0.5, 0.6) is 0 Å². The smallest absolute Gasteiger partial charge is 0.336 e. The first-order chi connectivity index (χ1) is 8.43. The molecule has 2 aromatic rings. The molecule has 2 N–H and O–H groups in total. The van der Waals surface area contributed by atoms with E-state index in [1.54, 1.807) is 38.1 Å². The van der Waals surface area contributed by atoms with Crippen LogP contribution in [0.1, 0.15) is 31.8 Å². The molecule has 0 aromatic heterocycles. The summed E-state index contributed by atoms with van der Waals surface area (Å²) in [6, 6.07) is 6.85. The van der Waals surface area contributed by atoms with Gasteiger partial charge in [0.1, 0.15) is 0 Å². The van der Waals surface area contributed by atoms with Crippen molar-refractivity contribution in [2.24, 2.45) is 0 Å². The summed E-state index contributed by atoms with van der Waals surface area (Å²) in [5.41, 5.74) is 1.24. The minimum absolute atomic E-state index is 0.0635. The minimum atomic E-state index is -1.11. The molecular formula is C14H12O4. The van der Waals surface area contributed by atoms with Crippen LogP contribution in [-0.2, 0) is 0 Å². The second-order valence-corrected chi connectivity index (χ2v) is 4.22. The van der Waals surface area contributed by atoms with Gasteiger partial charge in [0.05, 0.1) is 11.1 Å². The number of fused-ring (bicyclic) bond motifs is 1. The summed E-state index contributed by atoms with van der Waals surface area (Å²) in [4.78, 5) is 22.7. The van der Waals surface area contributed by atoms with E-state index in [4.69, 9.17) is 0 Å². The van der Waals surface area contributed by atoms with Gasteiger partial charge in [-0.05, 0) is 30.4 Å². The van der Waals surface area contributed by atoms with E-state index >= 15 is 0 Å². The van der Waals surface area contributed by atoms with Crippen molar-refractivity contribution >= 4 is 22.7 Å². The zero-order chi connectivity index (χ0) is 13.4. The lowest BCUT2D eigenvalue weighted by atomic mass is 9.93. The Bertz CT molecular complexity index is 616. The predicted octanol–water partition coefficient (Wildman–Crippen LogP) is 2.85. The molecule has 0 saturated heterocycles. The highest BCUT2D eigenvalue weighted by atomic mass is 16.4. The first-order valence-corrected chi connectivity index (χ1v) is 5.43. The molecule has 0 unspecified atom stereocenters. The number of aromatic carboxylic acids is 2. The van der Waals surface area contributed by atoms with Crippen LogP contribution in [0, 0.1) is 13.8 Å². The van der Waals surface area contributed by atoms with E-state index in [9.17, 15) is 19.8 Å². The van der Waals surface area contributed by atoms with Crippen molar-refractivity contribution < 1.29 is 19.8 Å². The van der Waals surface area contributed by atoms with Gasteiger partial charge in [0, 0.05) is 5.39 Å². The van der Waals surface area contributed by atoms with Crippen molar-refractivity contribution in [2.75, 3.05) is 0 Å². The quantitative estimate of drug-likeness (QED) is 0.851. The lowest BCUT2D eigenvalue weighted by molar-refractivity contribution is 0.0694. The largest absolute Gasteiger partial charge is 0.478 e. The van der Waals surface area contributed by atoms with E-state index < -0.39 is 11.9 Å². The van der Waals surface area contributed by atoms with Gasteiger partial charge in [0.2, 0.25) is 0 Å². The molecule has 0 radical (unpaired) electrons. The summed E-state index contributed by atoms with van der Waals surface area (Å²) in [7, 11) is 0. The lowest BCUT2D eigenvalue weighted by Crippen LogP contribution is -2.07. The maximum Gasteiger partial charge on any atom is 0.336 e. The Morgan fingerprint density at radius 1 is 0.833 bits per heavy atom. The third kappa shape index (κ3) is 1.72. The molecule has 0 atom stereocenters. The summed E-state index contributed by atoms with van der Waals surface area (Å²) in [5, 5.41) is 19.5. The number of carbonyl (C=O) groups is 2. The second-order valence-electron chi connectivity index (χ2n) is 4.22. The highest BCUT2D eigenvalue weighted by Crippen LogP contribution is 2.28. The van der Waals surface area contributed by atoms with Gasteiger partial charge in [-0.2, -0.15) is 0 Å². The summed E-state index contributed by atoms with van der Waals surface area (Å²) >= 11 is 0. The summed E-state index contributed by atoms with van der Waals surface area (Å²) in [6.07, 6.45) is 0. The third-order valence-corrected chi connectivity index (χ3v) is 3.03. The molecule has 0 saturated carbocycles. The molecule has 0 amide bonds. The number of rotatable bonds is 2. The number of hydrogen-bond donors (Lipinski definition) is 2. The van der Waals surface area contributed by atoms with E-state index in [1.807, 2.05) is 0 Å². The van der Waals surface area contributed by atoms with E-state index in [1.165, 1.54) is 0 Å². The number of benzene rings is 2. The molecule has 0 aliphatic carbocycles. The van der Waals surface area contributed by atoms with Crippen molar-refractivity contribution in [3.8, 4) is 0 Å². The molecule has 4 nitrogen and oxygen atoms in total. The van der Waals surface area contributed by atoms with Gasteiger partial charge < -0.3 is 10.2 Å². The van der Waals surface area contributed by atoms with Crippen molar-refractivity contribution in [1.82, 2.24) is 0 Å². The zero-order valence-corrected chi connectivity index (χ0v) is 10.0. The van der Waals surface area contributed by atoms with E-state index in [2.05, 4.69) is 0 Å². The Hall–Kier alpha value is -2.36. The maximum atomic E-state index is 11.3. The van der Waals surface area contributed by atoms with Crippen LogP contribution in [0.15, 0.2) is 24.3 Å². The Balaban J connectivity index is 3.06. The van der Waals surface area contributed by atoms with Crippen molar-refractivity contribution in [3.63, 3.8) is 0 Å². The molecule has 0 aliphatic rings. The fourth-order valence-electron chi connectivity index (χ4n) is 2.18.